The van der Waals surface area contributed by atoms with Gasteiger partial charge in [-0.1, -0.05) is 17.7 Å². The summed E-state index contributed by atoms with van der Waals surface area (Å²) in [7, 11) is 0. The number of hydrogen-bond donors (Lipinski definition) is 2. The van der Waals surface area contributed by atoms with Crippen LogP contribution >= 0.6 is 11.3 Å². The number of hydrogen-bond acceptors (Lipinski definition) is 3. The Balaban J connectivity index is 2.40. The van der Waals surface area contributed by atoms with Gasteiger partial charge in [0, 0.05) is 5.56 Å². The van der Waals surface area contributed by atoms with Crippen molar-refractivity contribution in [2.24, 2.45) is 0 Å². The number of carbonyl (C=O) groups is 2. The molecule has 0 spiro atoms. The van der Waals surface area contributed by atoms with Crippen LogP contribution in [0, 0.1) is 27.7 Å². The summed E-state index contributed by atoms with van der Waals surface area (Å²) < 4.78 is 0. The van der Waals surface area contributed by atoms with Crippen molar-refractivity contribution in [2.75, 3.05) is 5.32 Å². The molecule has 0 unspecified atom stereocenters. The SMILES string of the molecule is Cc1cc(C)c(C(=O)Nc2c(C)csc2C(=O)O)c(C)c1. The van der Waals surface area contributed by atoms with Gasteiger partial charge in [-0.15, -0.1) is 11.3 Å². The number of carbonyl (C=O) groups excluding carboxylic acids is 1. The molecule has 1 aromatic carbocycles. The maximum atomic E-state index is 12.5. The van der Waals surface area contributed by atoms with Crippen molar-refractivity contribution in [1.29, 1.82) is 0 Å². The molecule has 1 aromatic heterocycles. The summed E-state index contributed by atoms with van der Waals surface area (Å²) in [5.74, 6) is -1.30. The fourth-order valence-electron chi connectivity index (χ4n) is 2.47. The van der Waals surface area contributed by atoms with Gasteiger partial charge in [0.05, 0.1) is 5.69 Å². The van der Waals surface area contributed by atoms with Crippen molar-refractivity contribution in [2.45, 2.75) is 27.7 Å². The minimum Gasteiger partial charge on any atom is -0.477 e. The van der Waals surface area contributed by atoms with E-state index in [1.165, 1.54) is 0 Å². The molecule has 0 saturated heterocycles. The molecule has 0 atom stereocenters. The molecule has 0 aliphatic carbocycles. The largest absolute Gasteiger partial charge is 0.477 e. The second-order valence-corrected chi connectivity index (χ2v) is 6.04. The quantitative estimate of drug-likeness (QED) is 0.902. The van der Waals surface area contributed by atoms with E-state index in [9.17, 15) is 9.59 Å². The number of anilines is 1. The van der Waals surface area contributed by atoms with Gasteiger partial charge in [-0.2, -0.15) is 0 Å². The first-order chi connectivity index (χ1) is 9.81. The molecule has 1 heterocycles. The van der Waals surface area contributed by atoms with Crippen LogP contribution in [-0.4, -0.2) is 17.0 Å². The lowest BCUT2D eigenvalue weighted by atomic mass is 9.99. The Morgan fingerprint density at radius 3 is 2.14 bits per heavy atom. The van der Waals surface area contributed by atoms with E-state index in [1.807, 2.05) is 32.9 Å². The van der Waals surface area contributed by atoms with Gasteiger partial charge in [-0.05, 0) is 49.8 Å². The fraction of sp³-hybridized carbons (Fsp3) is 0.250. The highest BCUT2D eigenvalue weighted by Gasteiger charge is 2.20. The van der Waals surface area contributed by atoms with E-state index < -0.39 is 5.97 Å². The summed E-state index contributed by atoms with van der Waals surface area (Å²) in [6.45, 7) is 7.53. The molecule has 5 heteroatoms. The second-order valence-electron chi connectivity index (χ2n) is 5.16. The first-order valence-electron chi connectivity index (χ1n) is 6.52. The Morgan fingerprint density at radius 2 is 1.62 bits per heavy atom. The number of nitrogens with one attached hydrogen (secondary N) is 1. The average Bonchev–Trinajstić information content (AvgIpc) is 2.69. The first-order valence-corrected chi connectivity index (χ1v) is 7.39. The standard InChI is InChI=1S/C16H17NO3S/c1-8-5-9(2)12(10(3)6-8)15(18)17-13-11(4)7-21-14(13)16(19)20/h5-7H,1-4H3,(H,17,18)(H,19,20). The number of carboxylic acid groups (broad SMARTS) is 1. The van der Waals surface area contributed by atoms with Gasteiger partial charge in [0.25, 0.3) is 5.91 Å². The predicted octanol–water partition coefficient (Wildman–Crippen LogP) is 3.93. The number of aryl methyl sites for hydroxylation is 4. The normalized spacial score (nSPS) is 10.5. The van der Waals surface area contributed by atoms with E-state index in [0.29, 0.717) is 11.3 Å². The van der Waals surface area contributed by atoms with E-state index in [1.54, 1.807) is 12.3 Å². The zero-order chi connectivity index (χ0) is 15.7. The van der Waals surface area contributed by atoms with Gasteiger partial charge in [0.2, 0.25) is 0 Å². The number of aromatic carboxylic acids is 1. The zero-order valence-corrected chi connectivity index (χ0v) is 13.2. The first kappa shape index (κ1) is 15.3. The number of carboxylic acids is 1. The van der Waals surface area contributed by atoms with Crippen molar-refractivity contribution in [3.05, 3.63) is 50.2 Å². The van der Waals surface area contributed by atoms with E-state index in [-0.39, 0.29) is 10.8 Å². The summed E-state index contributed by atoms with van der Waals surface area (Å²) in [6, 6.07) is 3.89. The van der Waals surface area contributed by atoms with Gasteiger partial charge in [-0.3, -0.25) is 4.79 Å². The lowest BCUT2D eigenvalue weighted by Crippen LogP contribution is -2.17. The molecule has 0 radical (unpaired) electrons. The number of thiophene rings is 1. The van der Waals surface area contributed by atoms with E-state index in [4.69, 9.17) is 5.11 Å². The Bertz CT molecular complexity index is 708. The highest BCUT2D eigenvalue weighted by atomic mass is 32.1. The minimum atomic E-state index is -1.03. The minimum absolute atomic E-state index is 0.156. The average molecular weight is 303 g/mol. The Morgan fingerprint density at radius 1 is 1.05 bits per heavy atom. The van der Waals surface area contributed by atoms with Crippen LogP contribution in [0.3, 0.4) is 0 Å². The van der Waals surface area contributed by atoms with Crippen LogP contribution in [0.15, 0.2) is 17.5 Å². The van der Waals surface area contributed by atoms with Gasteiger partial charge >= 0.3 is 5.97 Å². The summed E-state index contributed by atoms with van der Waals surface area (Å²) in [4.78, 5) is 23.8. The molecule has 1 amide bonds. The molecule has 2 aromatic rings. The van der Waals surface area contributed by atoms with Crippen LogP contribution in [-0.2, 0) is 0 Å². The molecule has 0 bridgehead atoms. The molecular formula is C16H17NO3S. The fourth-order valence-corrected chi connectivity index (χ4v) is 3.31. The molecule has 0 fully saturated rings. The number of amides is 1. The van der Waals surface area contributed by atoms with E-state index in [2.05, 4.69) is 5.32 Å². The maximum absolute atomic E-state index is 12.5. The Labute approximate surface area is 127 Å². The van der Waals surface area contributed by atoms with Gasteiger partial charge in [0.1, 0.15) is 4.88 Å². The smallest absolute Gasteiger partial charge is 0.348 e. The summed E-state index contributed by atoms with van der Waals surface area (Å²) in [5.41, 5.74) is 4.61. The lowest BCUT2D eigenvalue weighted by molar-refractivity contribution is 0.0703. The molecule has 21 heavy (non-hydrogen) atoms. The van der Waals surface area contributed by atoms with Crippen LogP contribution in [0.4, 0.5) is 5.69 Å². The molecule has 0 aliphatic heterocycles. The monoisotopic (exact) mass is 303 g/mol. The highest BCUT2D eigenvalue weighted by Crippen LogP contribution is 2.28. The number of benzene rings is 1. The summed E-state index contributed by atoms with van der Waals surface area (Å²) >= 11 is 1.12. The molecule has 4 nitrogen and oxygen atoms in total. The lowest BCUT2D eigenvalue weighted by Gasteiger charge is -2.12. The molecule has 2 N–H and O–H groups in total. The van der Waals surface area contributed by atoms with Gasteiger partial charge < -0.3 is 10.4 Å². The topological polar surface area (TPSA) is 66.4 Å². The van der Waals surface area contributed by atoms with Gasteiger partial charge in [0.15, 0.2) is 0 Å². The molecule has 2 rings (SSSR count). The van der Waals surface area contributed by atoms with Crippen LogP contribution in [0.1, 0.15) is 42.3 Å². The third kappa shape index (κ3) is 2.97. The van der Waals surface area contributed by atoms with Crippen molar-refractivity contribution in [3.8, 4) is 0 Å². The predicted molar refractivity (Wildman–Crippen MR) is 84.6 cm³/mol. The number of rotatable bonds is 3. The molecule has 0 aliphatic rings. The molecule has 110 valence electrons. The second kappa shape index (κ2) is 5.69. The Hall–Kier alpha value is -2.14. The van der Waals surface area contributed by atoms with Crippen molar-refractivity contribution >= 4 is 28.9 Å². The summed E-state index contributed by atoms with van der Waals surface area (Å²) in [5, 5.41) is 13.6. The molecule has 0 saturated carbocycles. The van der Waals surface area contributed by atoms with Crippen LogP contribution in [0.2, 0.25) is 0 Å². The van der Waals surface area contributed by atoms with Gasteiger partial charge in [-0.25, -0.2) is 4.79 Å². The maximum Gasteiger partial charge on any atom is 0.348 e. The van der Waals surface area contributed by atoms with E-state index >= 15 is 0 Å². The van der Waals surface area contributed by atoms with Crippen molar-refractivity contribution in [3.63, 3.8) is 0 Å². The van der Waals surface area contributed by atoms with Crippen LogP contribution in [0.25, 0.3) is 0 Å². The van der Waals surface area contributed by atoms with E-state index in [0.717, 1.165) is 33.6 Å². The Kier molecular flexibility index (Phi) is 4.14. The summed E-state index contributed by atoms with van der Waals surface area (Å²) in [6.07, 6.45) is 0. The van der Waals surface area contributed by atoms with Crippen molar-refractivity contribution in [1.82, 2.24) is 0 Å². The third-order valence-corrected chi connectivity index (χ3v) is 4.40. The van der Waals surface area contributed by atoms with Crippen LogP contribution in [0.5, 0.6) is 0 Å². The molecular weight excluding hydrogens is 286 g/mol. The third-order valence-electron chi connectivity index (χ3n) is 3.31. The van der Waals surface area contributed by atoms with Crippen LogP contribution < -0.4 is 5.32 Å². The van der Waals surface area contributed by atoms with Crippen molar-refractivity contribution < 1.29 is 14.7 Å². The zero-order valence-electron chi connectivity index (χ0n) is 12.4. The highest BCUT2D eigenvalue weighted by molar-refractivity contribution is 7.12.